The van der Waals surface area contributed by atoms with Crippen LogP contribution in [0.25, 0.3) is 0 Å². The number of benzene rings is 1. The van der Waals surface area contributed by atoms with Gasteiger partial charge in [0.15, 0.2) is 6.61 Å². The van der Waals surface area contributed by atoms with E-state index in [0.29, 0.717) is 12.1 Å². The van der Waals surface area contributed by atoms with E-state index in [1.54, 1.807) is 6.92 Å². The molecule has 0 bridgehead atoms. The Morgan fingerprint density at radius 2 is 1.93 bits per heavy atom. The number of amides is 1. The van der Waals surface area contributed by atoms with E-state index in [-0.39, 0.29) is 12.2 Å². The number of hydrogen-bond donors (Lipinski definition) is 2. The predicted molar refractivity (Wildman–Crippen MR) is 93.1 cm³/mol. The second-order valence-corrected chi connectivity index (χ2v) is 6.09. The van der Waals surface area contributed by atoms with Crippen molar-refractivity contribution in [2.45, 2.75) is 38.1 Å². The highest BCUT2D eigenvalue weighted by Gasteiger charge is 2.28. The fraction of sp³-hybridized carbons (Fsp3) is 0.368. The molecular weight excluding hydrogens is 361 g/mol. The summed E-state index contributed by atoms with van der Waals surface area (Å²) in [7, 11) is 0. The highest BCUT2D eigenvalue weighted by molar-refractivity contribution is 5.80. The van der Waals surface area contributed by atoms with Gasteiger partial charge in [0.25, 0.3) is 0 Å². The Morgan fingerprint density at radius 3 is 2.52 bits per heavy atom. The standard InChI is InChI=1S/C19H21F3N2O3/c1-13(16-9-8-15(11-23-16)27-12-19(20,21)22)24-18(26)17(25)10-7-14-5-3-2-4-6-14/h2-6,8-9,11,13,17,25H,7,10,12H2,1H3,(H,24,26)/t13-,17?/m1/s1. The molecule has 0 radical (unpaired) electrons. The van der Waals surface area contributed by atoms with Gasteiger partial charge in [-0.05, 0) is 37.5 Å². The monoisotopic (exact) mass is 382 g/mol. The molecule has 2 N–H and O–H groups in total. The number of aromatic nitrogens is 1. The minimum Gasteiger partial charge on any atom is -0.483 e. The molecule has 2 aromatic rings. The van der Waals surface area contributed by atoms with E-state index in [1.165, 1.54) is 12.1 Å². The lowest BCUT2D eigenvalue weighted by molar-refractivity contribution is -0.153. The van der Waals surface area contributed by atoms with E-state index in [9.17, 15) is 23.1 Å². The van der Waals surface area contributed by atoms with Crippen LogP contribution in [0.5, 0.6) is 5.75 Å². The van der Waals surface area contributed by atoms with E-state index >= 15 is 0 Å². The molecule has 27 heavy (non-hydrogen) atoms. The molecule has 2 rings (SSSR count). The smallest absolute Gasteiger partial charge is 0.422 e. The Kier molecular flexibility index (Phi) is 7.18. The summed E-state index contributed by atoms with van der Waals surface area (Å²) < 4.78 is 41.0. The average Bonchev–Trinajstić information content (AvgIpc) is 2.65. The first-order chi connectivity index (χ1) is 12.7. The summed E-state index contributed by atoms with van der Waals surface area (Å²) in [6.45, 7) is 0.272. The lowest BCUT2D eigenvalue weighted by Crippen LogP contribution is -2.36. The number of pyridine rings is 1. The van der Waals surface area contributed by atoms with E-state index < -0.39 is 30.8 Å². The van der Waals surface area contributed by atoms with Crippen LogP contribution < -0.4 is 10.1 Å². The third-order valence-corrected chi connectivity index (χ3v) is 3.82. The van der Waals surface area contributed by atoms with Crippen molar-refractivity contribution in [3.8, 4) is 5.75 Å². The van der Waals surface area contributed by atoms with Crippen LogP contribution in [0.1, 0.15) is 30.6 Å². The first-order valence-electron chi connectivity index (χ1n) is 8.42. The number of aliphatic hydroxyl groups excluding tert-OH is 1. The number of nitrogens with one attached hydrogen (secondary N) is 1. The van der Waals surface area contributed by atoms with E-state index in [1.807, 2.05) is 30.3 Å². The molecule has 0 spiro atoms. The molecular formula is C19H21F3N2O3. The number of carbonyl (C=O) groups excluding carboxylic acids is 1. The third kappa shape index (κ3) is 7.26. The van der Waals surface area contributed by atoms with Gasteiger partial charge in [-0.3, -0.25) is 9.78 Å². The molecule has 0 aliphatic heterocycles. The van der Waals surface area contributed by atoms with Gasteiger partial charge < -0.3 is 15.2 Å². The highest BCUT2D eigenvalue weighted by Crippen LogP contribution is 2.19. The van der Waals surface area contributed by atoms with Gasteiger partial charge in [0.05, 0.1) is 17.9 Å². The van der Waals surface area contributed by atoms with Crippen LogP contribution in [-0.4, -0.2) is 34.9 Å². The Bertz CT molecular complexity index is 721. The Hall–Kier alpha value is -2.61. The fourth-order valence-electron chi connectivity index (χ4n) is 2.36. The molecule has 1 amide bonds. The number of aliphatic hydroxyl groups is 1. The molecule has 1 unspecified atom stereocenters. The normalized spacial score (nSPS) is 13.7. The second-order valence-electron chi connectivity index (χ2n) is 6.09. The quantitative estimate of drug-likeness (QED) is 0.736. The van der Waals surface area contributed by atoms with Crippen molar-refractivity contribution in [2.24, 2.45) is 0 Å². The summed E-state index contributed by atoms with van der Waals surface area (Å²) in [6.07, 6.45) is -3.58. The number of hydrogen-bond acceptors (Lipinski definition) is 4. The maximum Gasteiger partial charge on any atom is 0.422 e. The summed E-state index contributed by atoms with van der Waals surface area (Å²) in [5, 5.41) is 12.6. The van der Waals surface area contributed by atoms with Gasteiger partial charge in [0.1, 0.15) is 11.9 Å². The zero-order valence-electron chi connectivity index (χ0n) is 14.7. The molecule has 1 aromatic heterocycles. The Morgan fingerprint density at radius 1 is 1.22 bits per heavy atom. The minimum atomic E-state index is -4.42. The number of aryl methyl sites for hydroxylation is 1. The topological polar surface area (TPSA) is 71.5 Å². The van der Waals surface area contributed by atoms with Crippen LogP contribution in [0.4, 0.5) is 13.2 Å². The van der Waals surface area contributed by atoms with Crippen molar-refractivity contribution in [3.05, 3.63) is 59.9 Å². The van der Waals surface area contributed by atoms with Gasteiger partial charge in [-0.25, -0.2) is 0 Å². The van der Waals surface area contributed by atoms with Crippen LogP contribution in [-0.2, 0) is 11.2 Å². The van der Waals surface area contributed by atoms with E-state index in [0.717, 1.165) is 11.8 Å². The highest BCUT2D eigenvalue weighted by atomic mass is 19.4. The van der Waals surface area contributed by atoms with Crippen molar-refractivity contribution < 1.29 is 27.8 Å². The van der Waals surface area contributed by atoms with Crippen LogP contribution in [0.3, 0.4) is 0 Å². The molecule has 0 fully saturated rings. The fourth-order valence-corrected chi connectivity index (χ4v) is 2.36. The zero-order valence-corrected chi connectivity index (χ0v) is 14.7. The largest absolute Gasteiger partial charge is 0.483 e. The first kappa shape index (κ1) is 20.7. The first-order valence-corrected chi connectivity index (χ1v) is 8.42. The summed E-state index contributed by atoms with van der Waals surface area (Å²) >= 11 is 0. The van der Waals surface area contributed by atoms with Crippen LogP contribution in [0.15, 0.2) is 48.7 Å². The molecule has 1 aromatic carbocycles. The molecule has 5 nitrogen and oxygen atoms in total. The van der Waals surface area contributed by atoms with Crippen molar-refractivity contribution in [3.63, 3.8) is 0 Å². The second kappa shape index (κ2) is 9.36. The van der Waals surface area contributed by atoms with Gasteiger partial charge in [-0.1, -0.05) is 30.3 Å². The van der Waals surface area contributed by atoms with Gasteiger partial charge in [0.2, 0.25) is 5.91 Å². The van der Waals surface area contributed by atoms with Crippen molar-refractivity contribution in [1.29, 1.82) is 0 Å². The van der Waals surface area contributed by atoms with E-state index in [2.05, 4.69) is 15.0 Å². The maximum atomic E-state index is 12.1. The summed E-state index contributed by atoms with van der Waals surface area (Å²) in [6, 6.07) is 11.8. The Labute approximate surface area is 155 Å². The maximum absolute atomic E-state index is 12.1. The van der Waals surface area contributed by atoms with Crippen LogP contribution in [0, 0.1) is 0 Å². The summed E-state index contributed by atoms with van der Waals surface area (Å²) in [5.74, 6) is -0.546. The summed E-state index contributed by atoms with van der Waals surface area (Å²) in [4.78, 5) is 16.1. The molecule has 1 heterocycles. The number of carbonyl (C=O) groups is 1. The molecule has 0 saturated heterocycles. The Balaban J connectivity index is 1.82. The lowest BCUT2D eigenvalue weighted by atomic mass is 10.1. The van der Waals surface area contributed by atoms with Crippen molar-refractivity contribution >= 4 is 5.91 Å². The van der Waals surface area contributed by atoms with E-state index in [4.69, 9.17) is 0 Å². The van der Waals surface area contributed by atoms with Gasteiger partial charge in [-0.15, -0.1) is 0 Å². The minimum absolute atomic E-state index is 0.0162. The number of rotatable bonds is 8. The average molecular weight is 382 g/mol. The van der Waals surface area contributed by atoms with Gasteiger partial charge >= 0.3 is 6.18 Å². The molecule has 0 aliphatic carbocycles. The SMILES string of the molecule is C[C@@H](NC(=O)C(O)CCc1ccccc1)c1ccc(OCC(F)(F)F)cn1. The number of ether oxygens (including phenoxy) is 1. The molecule has 0 saturated carbocycles. The number of alkyl halides is 3. The summed E-state index contributed by atoms with van der Waals surface area (Å²) in [5.41, 5.74) is 1.46. The van der Waals surface area contributed by atoms with Crippen LogP contribution >= 0.6 is 0 Å². The van der Waals surface area contributed by atoms with Gasteiger partial charge in [0, 0.05) is 0 Å². The van der Waals surface area contributed by atoms with Crippen LogP contribution in [0.2, 0.25) is 0 Å². The van der Waals surface area contributed by atoms with Gasteiger partial charge in [-0.2, -0.15) is 13.2 Å². The molecule has 2 atom stereocenters. The lowest BCUT2D eigenvalue weighted by Gasteiger charge is -2.17. The molecule has 8 heteroatoms. The van der Waals surface area contributed by atoms with Crippen molar-refractivity contribution in [1.82, 2.24) is 10.3 Å². The molecule has 0 aliphatic rings. The predicted octanol–water partition coefficient (Wildman–Crippen LogP) is 3.19. The third-order valence-electron chi connectivity index (χ3n) is 3.82. The van der Waals surface area contributed by atoms with Crippen molar-refractivity contribution in [2.75, 3.05) is 6.61 Å². The number of halogens is 3. The number of nitrogens with zero attached hydrogens (tertiary/aromatic N) is 1. The zero-order chi connectivity index (χ0) is 19.9. The molecule has 146 valence electrons.